The van der Waals surface area contributed by atoms with E-state index < -0.39 is 0 Å². The molecule has 31 heavy (non-hydrogen) atoms. The summed E-state index contributed by atoms with van der Waals surface area (Å²) < 4.78 is 5.09. The molecular weight excluding hydrogens is 398 g/mol. The Hall–Kier alpha value is -3.20. The fraction of sp³-hybridized carbons (Fsp3) is 0.455. The van der Waals surface area contributed by atoms with Crippen LogP contribution in [0.5, 0.6) is 0 Å². The molecule has 1 N–H and O–H groups in total. The van der Waals surface area contributed by atoms with E-state index in [1.54, 1.807) is 27.9 Å². The minimum absolute atomic E-state index is 0.0180. The van der Waals surface area contributed by atoms with Gasteiger partial charge in [0.1, 0.15) is 0 Å². The summed E-state index contributed by atoms with van der Waals surface area (Å²) in [5.41, 5.74) is 2.28. The number of anilines is 1. The van der Waals surface area contributed by atoms with Gasteiger partial charge in [0.05, 0.1) is 23.4 Å². The van der Waals surface area contributed by atoms with Crippen molar-refractivity contribution in [3.63, 3.8) is 0 Å². The van der Waals surface area contributed by atoms with Gasteiger partial charge in [-0.05, 0) is 18.1 Å². The topological polar surface area (TPSA) is 98.8 Å². The zero-order valence-electron chi connectivity index (χ0n) is 18.1. The van der Waals surface area contributed by atoms with Crippen LogP contribution < -0.4 is 10.5 Å². The van der Waals surface area contributed by atoms with E-state index in [0.29, 0.717) is 55.6 Å². The van der Waals surface area contributed by atoms with Crippen molar-refractivity contribution in [1.29, 1.82) is 0 Å². The number of amides is 2. The van der Waals surface area contributed by atoms with Crippen LogP contribution in [-0.4, -0.2) is 79.0 Å². The Kier molecular flexibility index (Phi) is 5.77. The zero-order chi connectivity index (χ0) is 22.1. The molecule has 0 radical (unpaired) electrons. The number of nitrogens with one attached hydrogen (secondary N) is 1. The zero-order valence-corrected chi connectivity index (χ0v) is 18.1. The number of hydrogen-bond donors (Lipinski definition) is 1. The third-order valence-electron chi connectivity index (χ3n) is 5.88. The number of nitrogens with zero attached hydrogens (tertiary/aromatic N) is 4. The minimum Gasteiger partial charge on any atom is -0.383 e. The van der Waals surface area contributed by atoms with Crippen molar-refractivity contribution in [2.45, 2.75) is 18.9 Å². The van der Waals surface area contributed by atoms with Crippen molar-refractivity contribution in [3.05, 3.63) is 57.0 Å². The van der Waals surface area contributed by atoms with Gasteiger partial charge in [-0.15, -0.1) is 0 Å². The highest BCUT2D eigenvalue weighted by Crippen LogP contribution is 2.30. The summed E-state index contributed by atoms with van der Waals surface area (Å²) in [6.07, 6.45) is 0.720. The van der Waals surface area contributed by atoms with Crippen LogP contribution >= 0.6 is 0 Å². The van der Waals surface area contributed by atoms with E-state index in [9.17, 15) is 14.4 Å². The van der Waals surface area contributed by atoms with Gasteiger partial charge in [0.25, 0.3) is 17.4 Å². The maximum Gasteiger partial charge on any atom is 0.255 e. The predicted octanol–water partition coefficient (Wildman–Crippen LogP) is 1.07. The molecule has 1 unspecified atom stereocenters. The molecule has 9 heteroatoms. The number of carbonyl (C=O) groups excluding carboxylic acids is 2. The number of ether oxygens (including phenoxy) is 1. The van der Waals surface area contributed by atoms with Crippen LogP contribution in [0.2, 0.25) is 0 Å². The van der Waals surface area contributed by atoms with E-state index in [1.165, 1.54) is 6.07 Å². The first kappa shape index (κ1) is 21.0. The Labute approximate surface area is 180 Å². The Morgan fingerprint density at radius 3 is 2.87 bits per heavy atom. The van der Waals surface area contributed by atoms with E-state index in [-0.39, 0.29) is 23.3 Å². The molecule has 0 bridgehead atoms. The fourth-order valence-electron chi connectivity index (χ4n) is 4.22. The number of benzene rings is 1. The number of methoxy groups -OCH3 is 1. The van der Waals surface area contributed by atoms with E-state index >= 15 is 0 Å². The first-order valence-corrected chi connectivity index (χ1v) is 10.4. The van der Waals surface area contributed by atoms with Gasteiger partial charge >= 0.3 is 0 Å². The quantitative estimate of drug-likeness (QED) is 0.743. The van der Waals surface area contributed by atoms with Crippen molar-refractivity contribution >= 4 is 17.8 Å². The van der Waals surface area contributed by atoms with Gasteiger partial charge in [-0.25, -0.2) is 4.98 Å². The molecule has 164 valence electrons. The average Bonchev–Trinajstić information content (AvgIpc) is 3.36. The highest BCUT2D eigenvalue weighted by Gasteiger charge is 2.35. The Morgan fingerprint density at radius 1 is 1.32 bits per heavy atom. The molecule has 2 amide bonds. The molecule has 0 aliphatic carbocycles. The molecule has 1 fully saturated rings. The normalized spacial score (nSPS) is 17.9. The van der Waals surface area contributed by atoms with Crippen LogP contribution in [0.1, 0.15) is 44.3 Å². The van der Waals surface area contributed by atoms with E-state index in [0.717, 1.165) is 12.0 Å². The van der Waals surface area contributed by atoms with Gasteiger partial charge in [0.15, 0.2) is 0 Å². The lowest BCUT2D eigenvalue weighted by molar-refractivity contribution is 0.0707. The highest BCUT2D eigenvalue weighted by molar-refractivity contribution is 6.09. The van der Waals surface area contributed by atoms with Crippen LogP contribution in [0, 0.1) is 0 Å². The highest BCUT2D eigenvalue weighted by atomic mass is 16.5. The Bertz CT molecular complexity index is 1060. The second kappa shape index (κ2) is 8.50. The van der Waals surface area contributed by atoms with Crippen molar-refractivity contribution in [1.82, 2.24) is 19.8 Å². The van der Waals surface area contributed by atoms with Gasteiger partial charge in [-0.1, -0.05) is 12.1 Å². The molecule has 0 spiro atoms. The van der Waals surface area contributed by atoms with Crippen LogP contribution in [0.25, 0.3) is 0 Å². The van der Waals surface area contributed by atoms with E-state index in [4.69, 9.17) is 4.74 Å². The number of carbonyl (C=O) groups is 2. The van der Waals surface area contributed by atoms with Gasteiger partial charge in [0, 0.05) is 59.4 Å². The second-order valence-electron chi connectivity index (χ2n) is 8.18. The molecule has 1 aromatic heterocycles. The van der Waals surface area contributed by atoms with Crippen molar-refractivity contribution in [3.8, 4) is 0 Å². The summed E-state index contributed by atoms with van der Waals surface area (Å²) in [4.78, 5) is 50.7. The lowest BCUT2D eigenvalue weighted by Crippen LogP contribution is -2.32. The number of H-pyrrole nitrogens is 1. The predicted molar refractivity (Wildman–Crippen MR) is 116 cm³/mol. The summed E-state index contributed by atoms with van der Waals surface area (Å²) in [6.45, 7) is 2.46. The van der Waals surface area contributed by atoms with Gasteiger partial charge < -0.3 is 19.4 Å². The molecule has 1 atom stereocenters. The summed E-state index contributed by atoms with van der Waals surface area (Å²) in [5.74, 6) is 0.197. The molecule has 1 saturated heterocycles. The molecule has 2 aliphatic rings. The molecule has 2 aromatic rings. The number of rotatable bonds is 6. The van der Waals surface area contributed by atoms with Gasteiger partial charge in [-0.2, -0.15) is 0 Å². The van der Waals surface area contributed by atoms with Crippen LogP contribution in [0.15, 0.2) is 29.1 Å². The van der Waals surface area contributed by atoms with E-state index in [1.807, 2.05) is 26.2 Å². The molecule has 0 saturated carbocycles. The van der Waals surface area contributed by atoms with Gasteiger partial charge in [-0.3, -0.25) is 19.4 Å². The lowest BCUT2D eigenvalue weighted by Gasteiger charge is -2.19. The monoisotopic (exact) mass is 425 g/mol. The van der Waals surface area contributed by atoms with Gasteiger partial charge in [0.2, 0.25) is 5.95 Å². The largest absolute Gasteiger partial charge is 0.383 e. The fourth-order valence-corrected chi connectivity index (χ4v) is 4.22. The SMILES string of the molecule is COCCN1Cc2cccc(C(=O)N3CCC(c4cc(=O)[nH]c(N(C)C)n4)C3)c2C1=O. The lowest BCUT2D eigenvalue weighted by atomic mass is 10.0. The van der Waals surface area contributed by atoms with Crippen LogP contribution in [0.4, 0.5) is 5.95 Å². The minimum atomic E-state index is -0.207. The Morgan fingerprint density at radius 2 is 2.13 bits per heavy atom. The second-order valence-corrected chi connectivity index (χ2v) is 8.18. The molecule has 9 nitrogen and oxygen atoms in total. The summed E-state index contributed by atoms with van der Waals surface area (Å²) in [7, 11) is 5.23. The third kappa shape index (κ3) is 4.05. The number of aromatic nitrogens is 2. The number of fused-ring (bicyclic) bond motifs is 1. The Balaban J connectivity index is 1.54. The molecule has 2 aliphatic heterocycles. The molecular formula is C22H27N5O4. The van der Waals surface area contributed by atoms with Crippen molar-refractivity contribution in [2.24, 2.45) is 0 Å². The average molecular weight is 425 g/mol. The number of aromatic amines is 1. The first-order chi connectivity index (χ1) is 14.9. The van der Waals surface area contributed by atoms with Crippen LogP contribution in [0.3, 0.4) is 0 Å². The smallest absolute Gasteiger partial charge is 0.255 e. The maximum absolute atomic E-state index is 13.3. The maximum atomic E-state index is 13.3. The molecule has 4 rings (SSSR count). The first-order valence-electron chi connectivity index (χ1n) is 10.4. The van der Waals surface area contributed by atoms with Crippen molar-refractivity contribution < 1.29 is 14.3 Å². The molecule has 3 heterocycles. The van der Waals surface area contributed by atoms with Crippen molar-refractivity contribution in [2.75, 3.05) is 52.3 Å². The summed E-state index contributed by atoms with van der Waals surface area (Å²) in [6, 6.07) is 6.95. The van der Waals surface area contributed by atoms with Crippen LogP contribution in [-0.2, 0) is 11.3 Å². The van der Waals surface area contributed by atoms with E-state index in [2.05, 4.69) is 9.97 Å². The molecule has 1 aromatic carbocycles. The third-order valence-corrected chi connectivity index (χ3v) is 5.88. The number of hydrogen-bond acceptors (Lipinski definition) is 6. The number of likely N-dealkylation sites (tertiary alicyclic amines) is 1. The summed E-state index contributed by atoms with van der Waals surface area (Å²) >= 11 is 0. The summed E-state index contributed by atoms with van der Waals surface area (Å²) in [5, 5.41) is 0. The standard InChI is InChI=1S/C22H27N5O4/c1-25(2)22-23-17(11-18(28)24-22)14-7-8-26(12-14)20(29)16-6-4-5-15-13-27(9-10-31-3)21(30)19(15)16/h4-6,11,14H,7-10,12-13H2,1-3H3,(H,23,24,28).